The van der Waals surface area contributed by atoms with Crippen LogP contribution in [0.5, 0.6) is 5.75 Å². The van der Waals surface area contributed by atoms with Gasteiger partial charge in [0.2, 0.25) is 24.0 Å². The smallest absolute Gasteiger partial charge is 0.333 e. The summed E-state index contributed by atoms with van der Waals surface area (Å²) in [6.07, 6.45) is -1.65. The van der Waals surface area contributed by atoms with Crippen molar-refractivity contribution in [2.75, 3.05) is 0 Å². The van der Waals surface area contributed by atoms with Crippen LogP contribution in [0.3, 0.4) is 0 Å². The number of phenols is 1. The van der Waals surface area contributed by atoms with Crippen LogP contribution >= 0.6 is 24.2 Å². The number of hydrogen-bond donors (Lipinski definition) is 3. The lowest BCUT2D eigenvalue weighted by Gasteiger charge is -2.44. The van der Waals surface area contributed by atoms with Crippen LogP contribution < -0.4 is 11.1 Å². The zero-order valence-electron chi connectivity index (χ0n) is 23.9. The van der Waals surface area contributed by atoms with Crippen molar-refractivity contribution in [3.8, 4) is 5.75 Å². The number of thioether (sulfide) groups is 1. The molecule has 5 rings (SSSR count). The molecule has 2 unspecified atom stereocenters. The van der Waals surface area contributed by atoms with Gasteiger partial charge in [-0.2, -0.15) is 0 Å². The molecule has 236 valence electrons. The lowest BCUT2D eigenvalue weighted by atomic mass is 9.95. The molecular weight excluding hydrogens is 628 g/mol. The van der Waals surface area contributed by atoms with E-state index in [1.807, 2.05) is 0 Å². The number of fused-ring (bicyclic) bond motifs is 2. The second-order valence-electron chi connectivity index (χ2n) is 11.8. The van der Waals surface area contributed by atoms with Gasteiger partial charge in [0, 0.05) is 11.7 Å². The van der Waals surface area contributed by atoms with Gasteiger partial charge in [0.25, 0.3) is 0 Å². The Bertz CT molecular complexity index is 1480. The molecule has 14 nitrogen and oxygen atoms in total. The van der Waals surface area contributed by atoms with E-state index in [0.29, 0.717) is 5.56 Å². The Kier molecular flexibility index (Phi) is 8.26. The first-order valence-electron chi connectivity index (χ1n) is 13.2. The van der Waals surface area contributed by atoms with Crippen LogP contribution in [-0.2, 0) is 43.3 Å². The van der Waals surface area contributed by atoms with E-state index in [9.17, 15) is 37.5 Å². The molecule has 4 saturated heterocycles. The van der Waals surface area contributed by atoms with Crippen molar-refractivity contribution in [1.82, 2.24) is 15.1 Å². The van der Waals surface area contributed by atoms with E-state index in [-0.39, 0.29) is 24.6 Å². The number of sulfone groups is 1. The van der Waals surface area contributed by atoms with Crippen LogP contribution in [-0.4, -0.2) is 97.6 Å². The monoisotopic (exact) mass is 660 g/mol. The molecule has 0 saturated carbocycles. The van der Waals surface area contributed by atoms with Crippen molar-refractivity contribution in [3.05, 3.63) is 29.8 Å². The summed E-state index contributed by atoms with van der Waals surface area (Å²) in [7, 11) is -3.83. The maximum Gasteiger partial charge on any atom is 0.333 e. The predicted molar refractivity (Wildman–Crippen MR) is 154 cm³/mol. The molecule has 43 heavy (non-hydrogen) atoms. The number of aromatic hydroxyl groups is 1. The molecule has 0 bridgehead atoms. The fourth-order valence-electron chi connectivity index (χ4n) is 5.89. The minimum atomic E-state index is -3.83. The standard InChI is InChI=1S/C26H32N4O10S2.ClH/c1-11(40-24(36)19-26(4,5)42(37,38)15-10-14(32)29(15)19)39-23(35)18-25(2,3)41-22-17(21(34)30(18)22)28-20(33)16(27)12-6-8-13(31)9-7-12;/h6-9,11,15-19,22,31H,10,27H2,1-5H3,(H,28,33);1H/t11?,15-,16?,17-,18+,19+,22-;/m1./s1. The number of nitrogens with zero attached hydrogens (tertiary/aromatic N) is 2. The number of rotatable bonds is 7. The third-order valence-electron chi connectivity index (χ3n) is 8.26. The van der Waals surface area contributed by atoms with Crippen LogP contribution in [0.4, 0.5) is 0 Å². The maximum absolute atomic E-state index is 13.3. The number of hydrogen-bond acceptors (Lipinski definition) is 12. The van der Waals surface area contributed by atoms with Gasteiger partial charge in [0.15, 0.2) is 9.84 Å². The lowest BCUT2D eigenvalue weighted by molar-refractivity contribution is -0.196. The van der Waals surface area contributed by atoms with Crippen molar-refractivity contribution in [1.29, 1.82) is 0 Å². The number of ether oxygens (including phenoxy) is 2. The molecule has 0 aromatic heterocycles. The number of phenolic OH excluding ortho intramolecular Hbond substituents is 1. The highest BCUT2D eigenvalue weighted by Crippen LogP contribution is 2.51. The molecule has 0 spiro atoms. The third kappa shape index (κ3) is 5.01. The van der Waals surface area contributed by atoms with Crippen LogP contribution in [0.15, 0.2) is 24.3 Å². The average Bonchev–Trinajstić information content (AvgIpc) is 3.22. The number of halogens is 1. The zero-order chi connectivity index (χ0) is 31.1. The van der Waals surface area contributed by atoms with E-state index < -0.39 is 90.2 Å². The highest BCUT2D eigenvalue weighted by molar-refractivity contribution is 8.01. The maximum atomic E-state index is 13.3. The summed E-state index contributed by atoms with van der Waals surface area (Å²) in [5, 5.41) is 10.4. The number of carbonyl (C=O) groups is 5. The van der Waals surface area contributed by atoms with E-state index in [4.69, 9.17) is 15.2 Å². The number of nitrogens with two attached hydrogens (primary N) is 1. The minimum Gasteiger partial charge on any atom is -0.508 e. The van der Waals surface area contributed by atoms with Gasteiger partial charge in [-0.3, -0.25) is 14.4 Å². The van der Waals surface area contributed by atoms with Gasteiger partial charge in [0.05, 0.1) is 11.2 Å². The van der Waals surface area contributed by atoms with E-state index in [2.05, 4.69) is 5.32 Å². The zero-order valence-corrected chi connectivity index (χ0v) is 26.3. The van der Waals surface area contributed by atoms with Gasteiger partial charge in [0.1, 0.15) is 40.7 Å². The van der Waals surface area contributed by atoms with E-state index in [1.165, 1.54) is 61.7 Å². The van der Waals surface area contributed by atoms with Gasteiger partial charge in [-0.25, -0.2) is 18.0 Å². The van der Waals surface area contributed by atoms with Crippen LogP contribution in [0.25, 0.3) is 0 Å². The molecule has 0 radical (unpaired) electrons. The topological polar surface area (TPSA) is 203 Å². The van der Waals surface area contributed by atoms with E-state index in [1.54, 1.807) is 13.8 Å². The summed E-state index contributed by atoms with van der Waals surface area (Å²) in [6.45, 7) is 7.43. The molecule has 7 atom stereocenters. The molecule has 4 fully saturated rings. The quantitative estimate of drug-likeness (QED) is 0.200. The van der Waals surface area contributed by atoms with E-state index >= 15 is 0 Å². The SMILES string of the molecule is CC(OC(=O)[C@@H]1N2C(=O)[C@@H](NC(=O)C(N)c3ccc(O)cc3)[C@H]2SC1(C)C)OC(=O)[C@@H]1N2C(=O)C[C@H]2S(=O)(=O)C1(C)C.Cl. The summed E-state index contributed by atoms with van der Waals surface area (Å²) in [4.78, 5) is 66.6. The first-order chi connectivity index (χ1) is 19.4. The normalized spacial score (nSPS) is 30.4. The van der Waals surface area contributed by atoms with Gasteiger partial charge in [-0.15, -0.1) is 24.2 Å². The highest BCUT2D eigenvalue weighted by Gasteiger charge is 2.68. The Balaban J connectivity index is 0.00000423. The van der Waals surface area contributed by atoms with Gasteiger partial charge in [-0.1, -0.05) is 12.1 Å². The number of nitrogens with one attached hydrogen (secondary N) is 1. The summed E-state index contributed by atoms with van der Waals surface area (Å²) in [5.41, 5.74) is 6.47. The minimum absolute atomic E-state index is 0. The predicted octanol–water partition coefficient (Wildman–Crippen LogP) is -0.0727. The van der Waals surface area contributed by atoms with Gasteiger partial charge >= 0.3 is 11.9 Å². The van der Waals surface area contributed by atoms with E-state index in [0.717, 1.165) is 4.90 Å². The molecule has 4 heterocycles. The molecule has 1 aromatic rings. The summed E-state index contributed by atoms with van der Waals surface area (Å²) < 4.78 is 33.8. The summed E-state index contributed by atoms with van der Waals surface area (Å²) in [5.74, 6) is -3.48. The number of carbonyl (C=O) groups excluding carboxylic acids is 5. The molecule has 0 aliphatic carbocycles. The summed E-state index contributed by atoms with van der Waals surface area (Å²) >= 11 is 1.28. The fourth-order valence-corrected chi connectivity index (χ4v) is 9.64. The average molecular weight is 661 g/mol. The molecule has 1 aromatic carbocycles. The molecule has 4 aliphatic heterocycles. The Morgan fingerprint density at radius 2 is 1.60 bits per heavy atom. The Morgan fingerprint density at radius 1 is 1.05 bits per heavy atom. The molecule has 4 N–H and O–H groups in total. The highest BCUT2D eigenvalue weighted by atomic mass is 35.5. The first kappa shape index (κ1) is 32.8. The number of benzene rings is 1. The van der Waals surface area contributed by atoms with Crippen molar-refractivity contribution >= 4 is 63.7 Å². The fraction of sp³-hybridized carbons (Fsp3) is 0.577. The largest absolute Gasteiger partial charge is 0.508 e. The number of amides is 3. The lowest BCUT2D eigenvalue weighted by Crippen LogP contribution is -2.71. The Labute approximate surface area is 258 Å². The van der Waals surface area contributed by atoms with Crippen molar-refractivity contribution < 1.29 is 47.0 Å². The number of β-lactam (4-membered cyclic amide) rings is 2. The molecule has 17 heteroatoms. The Morgan fingerprint density at radius 3 is 2.16 bits per heavy atom. The molecule has 4 aliphatic rings. The summed E-state index contributed by atoms with van der Waals surface area (Å²) in [6, 6.07) is 1.26. The van der Waals surface area contributed by atoms with Crippen molar-refractivity contribution in [2.45, 2.75) is 91.7 Å². The van der Waals surface area contributed by atoms with Crippen molar-refractivity contribution in [2.24, 2.45) is 5.73 Å². The Hall–Kier alpha value is -3.08. The van der Waals surface area contributed by atoms with Crippen LogP contribution in [0.1, 0.15) is 52.6 Å². The molecule has 3 amide bonds. The van der Waals surface area contributed by atoms with Crippen LogP contribution in [0.2, 0.25) is 0 Å². The second-order valence-corrected chi connectivity index (χ2v) is 16.2. The van der Waals surface area contributed by atoms with Gasteiger partial charge < -0.3 is 35.4 Å². The third-order valence-corrected chi connectivity index (χ3v) is 12.6. The van der Waals surface area contributed by atoms with Crippen molar-refractivity contribution in [3.63, 3.8) is 0 Å². The van der Waals surface area contributed by atoms with Gasteiger partial charge in [-0.05, 0) is 45.4 Å². The molecular formula is C26H33ClN4O10S2. The van der Waals surface area contributed by atoms with Crippen LogP contribution in [0, 0.1) is 0 Å². The second kappa shape index (κ2) is 10.8. The number of esters is 2. The first-order valence-corrected chi connectivity index (χ1v) is 15.6.